The van der Waals surface area contributed by atoms with Crippen LogP contribution in [0.4, 0.5) is 5.69 Å². The normalized spacial score (nSPS) is 10.4. The van der Waals surface area contributed by atoms with Crippen molar-refractivity contribution in [2.75, 3.05) is 5.32 Å². The van der Waals surface area contributed by atoms with Gasteiger partial charge < -0.3 is 5.32 Å². The number of carbonyl (C=O) groups is 1. The average molecular weight is 385 g/mol. The molecule has 0 spiro atoms. The molecule has 2 nitrogen and oxygen atoms in total. The molecule has 18 heavy (non-hydrogen) atoms. The van der Waals surface area contributed by atoms with Gasteiger partial charge in [0.1, 0.15) is 0 Å². The lowest BCUT2D eigenvalue weighted by molar-refractivity contribution is 0.103. The van der Waals surface area contributed by atoms with E-state index in [-0.39, 0.29) is 5.91 Å². The van der Waals surface area contributed by atoms with Gasteiger partial charge in [-0.3, -0.25) is 4.79 Å². The summed E-state index contributed by atoms with van der Waals surface area (Å²) in [6.07, 6.45) is 0. The summed E-state index contributed by atoms with van der Waals surface area (Å²) in [6, 6.07) is 6.53. The van der Waals surface area contributed by atoms with Crippen molar-refractivity contribution >= 4 is 73.7 Å². The van der Waals surface area contributed by atoms with Gasteiger partial charge in [0.05, 0.1) is 29.4 Å². The van der Waals surface area contributed by atoms with Gasteiger partial charge in [-0.15, -0.1) is 11.3 Å². The SMILES string of the molecule is O=C(Nc1cc(Cl)c(Cl)cc1Cl)c1ccc(Br)s1. The molecule has 7 heteroatoms. The molecule has 94 valence electrons. The van der Waals surface area contributed by atoms with Crippen LogP contribution in [0.5, 0.6) is 0 Å². The van der Waals surface area contributed by atoms with Gasteiger partial charge in [0.25, 0.3) is 5.91 Å². The summed E-state index contributed by atoms with van der Waals surface area (Å²) < 4.78 is 0.882. The van der Waals surface area contributed by atoms with Crippen LogP contribution in [0.2, 0.25) is 15.1 Å². The third-order valence-corrected chi connectivity index (χ3v) is 4.71. The van der Waals surface area contributed by atoms with Gasteiger partial charge in [-0.25, -0.2) is 0 Å². The Kier molecular flexibility index (Phi) is 4.56. The highest BCUT2D eigenvalue weighted by Crippen LogP contribution is 2.33. The molecule has 0 bridgehead atoms. The molecule has 0 saturated heterocycles. The van der Waals surface area contributed by atoms with Crippen LogP contribution in [-0.4, -0.2) is 5.91 Å². The predicted molar refractivity (Wildman–Crippen MR) is 81.4 cm³/mol. The van der Waals surface area contributed by atoms with Crippen LogP contribution in [0.3, 0.4) is 0 Å². The minimum absolute atomic E-state index is 0.244. The zero-order valence-electron chi connectivity index (χ0n) is 8.64. The number of hydrogen-bond acceptors (Lipinski definition) is 2. The van der Waals surface area contributed by atoms with Crippen molar-refractivity contribution in [2.45, 2.75) is 0 Å². The van der Waals surface area contributed by atoms with E-state index in [0.29, 0.717) is 25.6 Å². The summed E-state index contributed by atoms with van der Waals surface area (Å²) in [7, 11) is 0. The van der Waals surface area contributed by atoms with E-state index >= 15 is 0 Å². The molecule has 0 fully saturated rings. The maximum Gasteiger partial charge on any atom is 0.265 e. The molecule has 1 aromatic heterocycles. The Hall–Kier alpha value is -0.260. The number of rotatable bonds is 2. The van der Waals surface area contributed by atoms with Gasteiger partial charge in [0.15, 0.2) is 0 Å². The molecule has 0 aliphatic heterocycles. The Bertz CT molecular complexity index is 614. The van der Waals surface area contributed by atoms with Crippen molar-refractivity contribution < 1.29 is 4.79 Å². The Morgan fingerprint density at radius 1 is 1.11 bits per heavy atom. The zero-order chi connectivity index (χ0) is 13.3. The second kappa shape index (κ2) is 5.80. The second-order valence-electron chi connectivity index (χ2n) is 3.30. The Morgan fingerprint density at radius 3 is 2.39 bits per heavy atom. The first kappa shape index (κ1) is 14.2. The van der Waals surface area contributed by atoms with Gasteiger partial charge in [-0.2, -0.15) is 0 Å². The molecule has 1 N–H and O–H groups in total. The van der Waals surface area contributed by atoms with Crippen LogP contribution >= 0.6 is 62.1 Å². The third-order valence-electron chi connectivity index (χ3n) is 2.06. The molecular formula is C11H5BrCl3NOS. The fourth-order valence-corrected chi connectivity index (χ4v) is 3.11. The first-order chi connectivity index (χ1) is 8.47. The fourth-order valence-electron chi connectivity index (χ4n) is 1.24. The molecule has 1 amide bonds. The maximum absolute atomic E-state index is 11.9. The monoisotopic (exact) mass is 383 g/mol. The van der Waals surface area contributed by atoms with Crippen molar-refractivity contribution in [3.8, 4) is 0 Å². The smallest absolute Gasteiger partial charge is 0.265 e. The lowest BCUT2D eigenvalue weighted by Gasteiger charge is -2.07. The fraction of sp³-hybridized carbons (Fsp3) is 0. The molecule has 0 aliphatic rings. The highest BCUT2D eigenvalue weighted by Gasteiger charge is 2.12. The average Bonchev–Trinajstić information content (AvgIpc) is 2.73. The van der Waals surface area contributed by atoms with Crippen LogP contribution in [0.15, 0.2) is 28.1 Å². The van der Waals surface area contributed by atoms with Crippen molar-refractivity contribution in [1.29, 1.82) is 0 Å². The molecular weight excluding hydrogens is 380 g/mol. The molecule has 2 aromatic rings. The highest BCUT2D eigenvalue weighted by molar-refractivity contribution is 9.11. The first-order valence-electron chi connectivity index (χ1n) is 4.68. The molecule has 0 saturated carbocycles. The van der Waals surface area contributed by atoms with Crippen LogP contribution in [0.25, 0.3) is 0 Å². The standard InChI is InChI=1S/C11H5BrCl3NOS/c12-10-2-1-9(18-10)11(17)16-8-4-6(14)5(13)3-7(8)15/h1-4H,(H,16,17). The highest BCUT2D eigenvalue weighted by atomic mass is 79.9. The van der Waals surface area contributed by atoms with E-state index in [1.165, 1.54) is 23.5 Å². The molecule has 0 aliphatic carbocycles. The minimum Gasteiger partial charge on any atom is -0.320 e. The van der Waals surface area contributed by atoms with Crippen LogP contribution < -0.4 is 5.32 Å². The number of hydrogen-bond donors (Lipinski definition) is 1. The van der Waals surface area contributed by atoms with E-state index in [9.17, 15) is 4.79 Å². The van der Waals surface area contributed by atoms with E-state index in [1.54, 1.807) is 12.1 Å². The van der Waals surface area contributed by atoms with Gasteiger partial charge in [0.2, 0.25) is 0 Å². The maximum atomic E-state index is 11.9. The van der Waals surface area contributed by atoms with E-state index in [0.717, 1.165) is 3.79 Å². The summed E-state index contributed by atoms with van der Waals surface area (Å²) in [4.78, 5) is 12.5. The second-order valence-corrected chi connectivity index (χ2v) is 6.99. The molecule has 1 aromatic carbocycles. The number of nitrogens with one attached hydrogen (secondary N) is 1. The Morgan fingerprint density at radius 2 is 1.78 bits per heavy atom. The van der Waals surface area contributed by atoms with Crippen LogP contribution in [-0.2, 0) is 0 Å². The lowest BCUT2D eigenvalue weighted by Crippen LogP contribution is -2.10. The first-order valence-corrected chi connectivity index (χ1v) is 7.43. The molecule has 2 rings (SSSR count). The number of carbonyl (C=O) groups excluding carboxylic acids is 1. The molecule has 0 radical (unpaired) electrons. The largest absolute Gasteiger partial charge is 0.320 e. The minimum atomic E-state index is -0.244. The number of benzene rings is 1. The van der Waals surface area contributed by atoms with Gasteiger partial charge >= 0.3 is 0 Å². The van der Waals surface area contributed by atoms with E-state index in [4.69, 9.17) is 34.8 Å². The summed E-state index contributed by atoms with van der Waals surface area (Å²) in [5, 5.41) is 3.71. The van der Waals surface area contributed by atoms with Crippen LogP contribution in [0.1, 0.15) is 9.67 Å². The molecule has 0 atom stereocenters. The number of halogens is 4. The van der Waals surface area contributed by atoms with Crippen molar-refractivity contribution in [1.82, 2.24) is 0 Å². The van der Waals surface area contributed by atoms with Gasteiger partial charge in [-0.1, -0.05) is 34.8 Å². The van der Waals surface area contributed by atoms with E-state index < -0.39 is 0 Å². The molecule has 1 heterocycles. The third kappa shape index (κ3) is 3.19. The number of anilines is 1. The number of amides is 1. The van der Waals surface area contributed by atoms with Gasteiger partial charge in [-0.05, 0) is 40.2 Å². The zero-order valence-corrected chi connectivity index (χ0v) is 13.3. The van der Waals surface area contributed by atoms with Gasteiger partial charge in [0, 0.05) is 0 Å². The van der Waals surface area contributed by atoms with Crippen molar-refractivity contribution in [2.24, 2.45) is 0 Å². The van der Waals surface area contributed by atoms with Crippen LogP contribution in [0, 0.1) is 0 Å². The van der Waals surface area contributed by atoms with E-state index in [1.807, 2.05) is 0 Å². The summed E-state index contributed by atoms with van der Waals surface area (Å²) >= 11 is 22.3. The Labute approximate surface area is 131 Å². The van der Waals surface area contributed by atoms with Crippen molar-refractivity contribution in [3.63, 3.8) is 0 Å². The summed E-state index contributed by atoms with van der Waals surface area (Å²) in [5.41, 5.74) is 0.431. The molecule has 0 unspecified atom stereocenters. The predicted octanol–water partition coefficient (Wildman–Crippen LogP) is 5.72. The van der Waals surface area contributed by atoms with E-state index in [2.05, 4.69) is 21.2 Å². The number of thiophene rings is 1. The Balaban J connectivity index is 2.24. The topological polar surface area (TPSA) is 29.1 Å². The quantitative estimate of drug-likeness (QED) is 0.658. The van der Waals surface area contributed by atoms with Crippen molar-refractivity contribution in [3.05, 3.63) is 48.0 Å². The summed E-state index contributed by atoms with van der Waals surface area (Å²) in [5.74, 6) is -0.244. The lowest BCUT2D eigenvalue weighted by atomic mass is 10.3. The summed E-state index contributed by atoms with van der Waals surface area (Å²) in [6.45, 7) is 0.